The summed E-state index contributed by atoms with van der Waals surface area (Å²) in [5.41, 5.74) is -0.217. The lowest BCUT2D eigenvalue weighted by Gasteiger charge is -2.02. The van der Waals surface area contributed by atoms with Crippen molar-refractivity contribution < 1.29 is 9.90 Å². The number of thioether (sulfide) groups is 1. The monoisotopic (exact) mass is 239 g/mol. The predicted molar refractivity (Wildman–Crippen MR) is 64.8 cm³/mol. The van der Waals surface area contributed by atoms with E-state index in [1.807, 2.05) is 33.8 Å². The molecule has 0 aromatic carbocycles. The van der Waals surface area contributed by atoms with Crippen molar-refractivity contribution in [2.24, 2.45) is 17.3 Å². The van der Waals surface area contributed by atoms with E-state index in [-0.39, 0.29) is 17.3 Å². The van der Waals surface area contributed by atoms with Gasteiger partial charge in [-0.25, -0.2) is 0 Å². The summed E-state index contributed by atoms with van der Waals surface area (Å²) in [6, 6.07) is 2.13. The zero-order valence-corrected chi connectivity index (χ0v) is 10.8. The second kappa shape index (κ2) is 4.50. The summed E-state index contributed by atoms with van der Waals surface area (Å²) >= 11 is 1.49. The molecule has 1 aliphatic carbocycles. The number of carboxylic acid groups (broad SMARTS) is 1. The first-order chi connectivity index (χ1) is 7.30. The largest absolute Gasteiger partial charge is 0.481 e. The lowest BCUT2D eigenvalue weighted by molar-refractivity contribution is -0.139. The van der Waals surface area contributed by atoms with E-state index in [0.717, 1.165) is 0 Å². The minimum absolute atomic E-state index is 0.00843. The predicted octanol–water partition coefficient (Wildman–Crippen LogP) is 2.89. The fourth-order valence-electron chi connectivity index (χ4n) is 1.98. The zero-order valence-electron chi connectivity index (χ0n) is 10.0. The van der Waals surface area contributed by atoms with Crippen molar-refractivity contribution in [1.29, 1.82) is 5.26 Å². The van der Waals surface area contributed by atoms with Gasteiger partial charge in [-0.15, -0.1) is 11.8 Å². The number of aliphatic carboxylic acids is 1. The van der Waals surface area contributed by atoms with Crippen LogP contribution in [-0.4, -0.2) is 16.3 Å². The van der Waals surface area contributed by atoms with Crippen molar-refractivity contribution in [3.63, 3.8) is 0 Å². The minimum atomic E-state index is -0.766. The van der Waals surface area contributed by atoms with Crippen LogP contribution < -0.4 is 0 Å². The Bertz CT molecular complexity index is 366. The molecule has 3 nitrogen and oxygen atoms in total. The molecule has 1 rings (SSSR count). The Morgan fingerprint density at radius 1 is 1.56 bits per heavy atom. The Morgan fingerprint density at radius 2 is 2.12 bits per heavy atom. The summed E-state index contributed by atoms with van der Waals surface area (Å²) in [5.74, 6) is -1.12. The lowest BCUT2D eigenvalue weighted by Crippen LogP contribution is -2.03. The van der Waals surface area contributed by atoms with Crippen LogP contribution >= 0.6 is 11.8 Å². The Balaban J connectivity index is 2.78. The number of nitrogens with zero attached hydrogens (tertiary/aromatic N) is 1. The van der Waals surface area contributed by atoms with Gasteiger partial charge in [0, 0.05) is 5.25 Å². The van der Waals surface area contributed by atoms with Crippen LogP contribution in [0.1, 0.15) is 27.7 Å². The van der Waals surface area contributed by atoms with Crippen LogP contribution in [0.2, 0.25) is 0 Å². The van der Waals surface area contributed by atoms with Gasteiger partial charge in [-0.3, -0.25) is 4.79 Å². The molecular weight excluding hydrogens is 222 g/mol. The Labute approximate surface area is 101 Å². The summed E-state index contributed by atoms with van der Waals surface area (Å²) < 4.78 is 0. The Kier molecular flexibility index (Phi) is 3.69. The number of hydrogen-bond acceptors (Lipinski definition) is 3. The highest BCUT2D eigenvalue weighted by Gasteiger charge is 2.61. The van der Waals surface area contributed by atoms with Crippen LogP contribution in [0, 0.1) is 28.6 Å². The molecule has 0 bridgehead atoms. The van der Waals surface area contributed by atoms with E-state index in [4.69, 9.17) is 10.4 Å². The summed E-state index contributed by atoms with van der Waals surface area (Å²) in [7, 11) is 0. The maximum absolute atomic E-state index is 11.0. The van der Waals surface area contributed by atoms with Gasteiger partial charge in [-0.2, -0.15) is 5.26 Å². The van der Waals surface area contributed by atoms with E-state index in [2.05, 4.69) is 6.07 Å². The molecule has 1 N–H and O–H groups in total. The molecule has 1 aliphatic rings. The van der Waals surface area contributed by atoms with Gasteiger partial charge in [0.25, 0.3) is 0 Å². The van der Waals surface area contributed by atoms with E-state index < -0.39 is 5.97 Å². The third-order valence-corrected chi connectivity index (χ3v) is 3.93. The highest BCUT2D eigenvalue weighted by molar-refractivity contribution is 8.03. The van der Waals surface area contributed by atoms with Gasteiger partial charge < -0.3 is 5.11 Å². The van der Waals surface area contributed by atoms with Gasteiger partial charge in [0.1, 0.15) is 6.07 Å². The molecule has 2 unspecified atom stereocenters. The van der Waals surface area contributed by atoms with Crippen molar-refractivity contribution in [1.82, 2.24) is 0 Å². The minimum Gasteiger partial charge on any atom is -0.481 e. The maximum Gasteiger partial charge on any atom is 0.307 e. The van der Waals surface area contributed by atoms with Gasteiger partial charge in [-0.1, -0.05) is 33.8 Å². The number of nitriles is 1. The number of carboxylic acids is 1. The van der Waals surface area contributed by atoms with Crippen LogP contribution in [0.4, 0.5) is 0 Å². The lowest BCUT2D eigenvalue weighted by atomic mass is 10.1. The van der Waals surface area contributed by atoms with Crippen LogP contribution in [0.25, 0.3) is 0 Å². The normalized spacial score (nSPS) is 27.6. The van der Waals surface area contributed by atoms with Crippen molar-refractivity contribution in [2.75, 3.05) is 0 Å². The summed E-state index contributed by atoms with van der Waals surface area (Å²) in [6.45, 7) is 7.90. The first-order valence-corrected chi connectivity index (χ1v) is 6.20. The molecule has 0 aliphatic heterocycles. The molecule has 4 heteroatoms. The number of hydrogen-bond donors (Lipinski definition) is 1. The Hall–Kier alpha value is -0.950. The second-order valence-corrected chi connectivity index (χ2v) is 6.59. The summed E-state index contributed by atoms with van der Waals surface area (Å²) in [5, 5.41) is 18.3. The van der Waals surface area contributed by atoms with Crippen molar-refractivity contribution in [2.45, 2.75) is 32.9 Å². The molecule has 0 radical (unpaired) electrons. The molecule has 0 aromatic heterocycles. The first-order valence-electron chi connectivity index (χ1n) is 5.32. The van der Waals surface area contributed by atoms with E-state index in [1.54, 1.807) is 0 Å². The standard InChI is InChI=1S/C12H17NO2S/c1-7(2)16-8(6-13)5-9-10(11(14)15)12(9,3)4/h5,7,9-10H,1-4H3,(H,14,15)/b8-5+. The molecule has 1 saturated carbocycles. The molecular formula is C12H17NO2S. The van der Waals surface area contributed by atoms with Crippen LogP contribution in [0.5, 0.6) is 0 Å². The van der Waals surface area contributed by atoms with Crippen molar-refractivity contribution in [3.8, 4) is 6.07 Å². The fraction of sp³-hybridized carbons (Fsp3) is 0.667. The SMILES string of the molecule is CC(C)S/C(C#N)=C/C1C(C(=O)O)C1(C)C. The van der Waals surface area contributed by atoms with E-state index in [1.165, 1.54) is 11.8 Å². The summed E-state index contributed by atoms with van der Waals surface area (Å²) in [6.07, 6.45) is 1.82. The quantitative estimate of drug-likeness (QED) is 0.766. The number of carbonyl (C=O) groups is 1. The molecule has 88 valence electrons. The maximum atomic E-state index is 11.0. The van der Waals surface area contributed by atoms with E-state index in [9.17, 15) is 4.79 Å². The third kappa shape index (κ3) is 2.59. The number of allylic oxidation sites excluding steroid dienone is 2. The van der Waals surface area contributed by atoms with Crippen LogP contribution in [0.3, 0.4) is 0 Å². The highest BCUT2D eigenvalue weighted by Crippen LogP contribution is 2.59. The molecule has 1 fully saturated rings. The van der Waals surface area contributed by atoms with Crippen LogP contribution in [0.15, 0.2) is 11.0 Å². The van der Waals surface area contributed by atoms with Crippen molar-refractivity contribution in [3.05, 3.63) is 11.0 Å². The first kappa shape index (κ1) is 13.1. The third-order valence-electron chi connectivity index (χ3n) is 2.98. The van der Waals surface area contributed by atoms with Crippen LogP contribution in [-0.2, 0) is 4.79 Å². The topological polar surface area (TPSA) is 61.1 Å². The molecule has 0 heterocycles. The van der Waals surface area contributed by atoms with Gasteiger partial charge in [0.2, 0.25) is 0 Å². The molecule has 0 amide bonds. The molecule has 2 atom stereocenters. The smallest absolute Gasteiger partial charge is 0.307 e. The Morgan fingerprint density at radius 3 is 2.44 bits per heavy atom. The second-order valence-electron chi connectivity index (χ2n) is 4.97. The van der Waals surface area contributed by atoms with Crippen molar-refractivity contribution >= 4 is 17.7 Å². The highest BCUT2D eigenvalue weighted by atomic mass is 32.2. The molecule has 0 aromatic rings. The molecule has 0 spiro atoms. The molecule has 16 heavy (non-hydrogen) atoms. The van der Waals surface area contributed by atoms with E-state index >= 15 is 0 Å². The van der Waals surface area contributed by atoms with Gasteiger partial charge in [-0.05, 0) is 11.3 Å². The average molecular weight is 239 g/mol. The average Bonchev–Trinajstić information content (AvgIpc) is 2.66. The fourth-order valence-corrected chi connectivity index (χ4v) is 2.77. The zero-order chi connectivity index (χ0) is 12.5. The van der Waals surface area contributed by atoms with Gasteiger partial charge >= 0.3 is 5.97 Å². The van der Waals surface area contributed by atoms with Gasteiger partial charge in [0.05, 0.1) is 10.8 Å². The van der Waals surface area contributed by atoms with Gasteiger partial charge in [0.15, 0.2) is 0 Å². The summed E-state index contributed by atoms with van der Waals surface area (Å²) in [4.78, 5) is 11.6. The van der Waals surface area contributed by atoms with E-state index in [0.29, 0.717) is 10.2 Å². The number of rotatable bonds is 4. The molecule has 0 saturated heterocycles.